The molecule has 2 aromatic rings. The second-order valence-electron chi connectivity index (χ2n) is 5.34. The molecule has 0 atom stereocenters. The third-order valence-electron chi connectivity index (χ3n) is 3.50. The number of aromatic nitrogens is 1. The molecule has 0 aliphatic carbocycles. The third kappa shape index (κ3) is 3.02. The highest BCUT2D eigenvalue weighted by Crippen LogP contribution is 2.27. The van der Waals surface area contributed by atoms with E-state index in [2.05, 4.69) is 38.1 Å². The van der Waals surface area contributed by atoms with Crippen molar-refractivity contribution >= 4 is 11.3 Å². The molecule has 0 unspecified atom stereocenters. The molecule has 1 heterocycles. The van der Waals surface area contributed by atoms with Gasteiger partial charge in [-0.3, -0.25) is 9.36 Å². The van der Waals surface area contributed by atoms with E-state index in [1.54, 1.807) is 0 Å². The molecule has 0 saturated heterocycles. The summed E-state index contributed by atoms with van der Waals surface area (Å²) in [7, 11) is 0. The van der Waals surface area contributed by atoms with E-state index in [1.165, 1.54) is 16.9 Å². The number of rotatable bonds is 5. The van der Waals surface area contributed by atoms with Gasteiger partial charge in [0.1, 0.15) is 0 Å². The second-order valence-corrected chi connectivity index (χ2v) is 6.51. The largest absolute Gasteiger partial charge is 0.330 e. The maximum atomic E-state index is 12.1. The molecule has 2 N–H and O–H groups in total. The van der Waals surface area contributed by atoms with Crippen molar-refractivity contribution in [3.05, 3.63) is 44.4 Å². The summed E-state index contributed by atoms with van der Waals surface area (Å²) in [5, 5.41) is 0. The molecule has 0 spiro atoms. The average Bonchev–Trinajstić information content (AvgIpc) is 2.70. The minimum atomic E-state index is 0.110. The van der Waals surface area contributed by atoms with Crippen LogP contribution in [0.4, 0.5) is 0 Å². The lowest BCUT2D eigenvalue weighted by Gasteiger charge is -2.10. The quantitative estimate of drug-likeness (QED) is 0.918. The van der Waals surface area contributed by atoms with Gasteiger partial charge >= 0.3 is 4.87 Å². The first-order valence-corrected chi connectivity index (χ1v) is 7.87. The van der Waals surface area contributed by atoms with Crippen LogP contribution in [-0.2, 0) is 6.54 Å². The average molecular weight is 290 g/mol. The highest BCUT2D eigenvalue weighted by molar-refractivity contribution is 7.09. The number of aryl methyl sites for hydroxylation is 1. The van der Waals surface area contributed by atoms with Crippen LogP contribution in [0.2, 0.25) is 0 Å². The molecule has 0 fully saturated rings. The summed E-state index contributed by atoms with van der Waals surface area (Å²) in [4.78, 5) is 13.2. The van der Waals surface area contributed by atoms with Gasteiger partial charge in [-0.25, -0.2) is 0 Å². The van der Waals surface area contributed by atoms with E-state index in [-0.39, 0.29) is 4.87 Å². The fourth-order valence-corrected chi connectivity index (χ4v) is 3.23. The van der Waals surface area contributed by atoms with E-state index in [0.717, 1.165) is 22.6 Å². The number of nitrogens with zero attached hydrogens (tertiary/aromatic N) is 1. The number of nitrogens with two attached hydrogens (primary N) is 1. The first-order chi connectivity index (χ1) is 9.54. The van der Waals surface area contributed by atoms with Gasteiger partial charge in [0.25, 0.3) is 0 Å². The fraction of sp³-hybridized carbons (Fsp3) is 0.438. The van der Waals surface area contributed by atoms with Crippen LogP contribution in [0.3, 0.4) is 0 Å². The van der Waals surface area contributed by atoms with E-state index in [9.17, 15) is 4.79 Å². The molecule has 3 nitrogen and oxygen atoms in total. The smallest absolute Gasteiger partial charge is 0.307 e. The lowest BCUT2D eigenvalue weighted by molar-refractivity contribution is 0.647. The lowest BCUT2D eigenvalue weighted by atomic mass is 10.0. The van der Waals surface area contributed by atoms with Crippen molar-refractivity contribution in [2.24, 2.45) is 5.73 Å². The Labute approximate surface area is 124 Å². The van der Waals surface area contributed by atoms with Gasteiger partial charge < -0.3 is 5.73 Å². The molecular weight excluding hydrogens is 268 g/mol. The van der Waals surface area contributed by atoms with Crippen molar-refractivity contribution in [1.29, 1.82) is 0 Å². The van der Waals surface area contributed by atoms with Crippen LogP contribution in [0.5, 0.6) is 0 Å². The zero-order chi connectivity index (χ0) is 14.7. The van der Waals surface area contributed by atoms with E-state index in [1.807, 2.05) is 11.5 Å². The van der Waals surface area contributed by atoms with Crippen molar-refractivity contribution in [2.45, 2.75) is 39.7 Å². The van der Waals surface area contributed by atoms with Crippen molar-refractivity contribution in [3.8, 4) is 11.3 Å². The monoisotopic (exact) mass is 290 g/mol. The van der Waals surface area contributed by atoms with E-state index in [0.29, 0.717) is 19.0 Å². The van der Waals surface area contributed by atoms with E-state index < -0.39 is 0 Å². The van der Waals surface area contributed by atoms with Gasteiger partial charge in [0.05, 0.1) is 5.69 Å². The Hall–Kier alpha value is -1.39. The number of thiazole rings is 1. The molecular formula is C16H22N2OS. The Morgan fingerprint density at radius 1 is 1.25 bits per heavy atom. The zero-order valence-corrected chi connectivity index (χ0v) is 13.2. The molecule has 0 radical (unpaired) electrons. The SMILES string of the molecule is Cc1sc(=O)n(CCCN)c1-c1ccc(C(C)C)cc1. The van der Waals surface area contributed by atoms with Crippen LogP contribution in [0.25, 0.3) is 11.3 Å². The molecule has 0 bridgehead atoms. The number of hydrogen-bond acceptors (Lipinski definition) is 3. The van der Waals surface area contributed by atoms with Crippen LogP contribution in [0.15, 0.2) is 29.1 Å². The number of hydrogen-bond donors (Lipinski definition) is 1. The predicted molar refractivity (Wildman–Crippen MR) is 86.5 cm³/mol. The van der Waals surface area contributed by atoms with E-state index >= 15 is 0 Å². The Balaban J connectivity index is 2.43. The summed E-state index contributed by atoms with van der Waals surface area (Å²) in [5.74, 6) is 0.520. The molecule has 2 rings (SSSR count). The lowest BCUT2D eigenvalue weighted by Crippen LogP contribution is -2.16. The van der Waals surface area contributed by atoms with Crippen LogP contribution < -0.4 is 10.6 Å². The highest BCUT2D eigenvalue weighted by Gasteiger charge is 2.13. The Morgan fingerprint density at radius 3 is 2.45 bits per heavy atom. The van der Waals surface area contributed by atoms with Gasteiger partial charge in [-0.15, -0.1) is 0 Å². The molecule has 0 amide bonds. The summed E-state index contributed by atoms with van der Waals surface area (Å²) >= 11 is 1.32. The molecule has 0 saturated carbocycles. The van der Waals surface area contributed by atoms with Crippen LogP contribution in [-0.4, -0.2) is 11.1 Å². The normalized spacial score (nSPS) is 11.2. The summed E-state index contributed by atoms with van der Waals surface area (Å²) in [6.45, 7) is 7.68. The predicted octanol–water partition coefficient (Wildman–Crippen LogP) is 3.36. The maximum Gasteiger partial charge on any atom is 0.307 e. The molecule has 1 aromatic carbocycles. The van der Waals surface area contributed by atoms with Crippen LogP contribution >= 0.6 is 11.3 Å². The van der Waals surface area contributed by atoms with E-state index in [4.69, 9.17) is 5.73 Å². The van der Waals surface area contributed by atoms with Gasteiger partial charge in [0.2, 0.25) is 0 Å². The molecule has 1 aromatic heterocycles. The minimum absolute atomic E-state index is 0.110. The highest BCUT2D eigenvalue weighted by atomic mass is 32.1. The topological polar surface area (TPSA) is 48.0 Å². The van der Waals surface area contributed by atoms with Gasteiger partial charge in [-0.2, -0.15) is 0 Å². The van der Waals surface area contributed by atoms with Gasteiger partial charge in [-0.1, -0.05) is 49.4 Å². The van der Waals surface area contributed by atoms with Crippen LogP contribution in [0, 0.1) is 6.92 Å². The summed E-state index contributed by atoms with van der Waals surface area (Å²) in [5.41, 5.74) is 9.04. The van der Waals surface area contributed by atoms with Crippen molar-refractivity contribution in [3.63, 3.8) is 0 Å². The summed E-state index contributed by atoms with van der Waals surface area (Å²) in [6, 6.07) is 8.52. The maximum absolute atomic E-state index is 12.1. The fourth-order valence-electron chi connectivity index (χ4n) is 2.35. The molecule has 4 heteroatoms. The Bertz CT molecular complexity index is 623. The molecule has 20 heavy (non-hydrogen) atoms. The first kappa shape index (κ1) is 15.0. The minimum Gasteiger partial charge on any atom is -0.330 e. The van der Waals surface area contributed by atoms with Crippen molar-refractivity contribution in [1.82, 2.24) is 4.57 Å². The third-order valence-corrected chi connectivity index (χ3v) is 4.40. The second kappa shape index (κ2) is 6.37. The Kier molecular flexibility index (Phi) is 4.78. The first-order valence-electron chi connectivity index (χ1n) is 7.05. The molecule has 0 aliphatic rings. The van der Waals surface area contributed by atoms with Crippen molar-refractivity contribution in [2.75, 3.05) is 6.54 Å². The molecule has 0 aliphatic heterocycles. The summed E-state index contributed by atoms with van der Waals surface area (Å²) in [6.07, 6.45) is 0.827. The van der Waals surface area contributed by atoms with Gasteiger partial charge in [0.15, 0.2) is 0 Å². The summed E-state index contributed by atoms with van der Waals surface area (Å²) < 4.78 is 1.86. The Morgan fingerprint density at radius 2 is 1.90 bits per heavy atom. The van der Waals surface area contributed by atoms with Crippen LogP contribution in [0.1, 0.15) is 36.6 Å². The van der Waals surface area contributed by atoms with Crippen molar-refractivity contribution < 1.29 is 0 Å². The van der Waals surface area contributed by atoms with Gasteiger partial charge in [-0.05, 0) is 36.9 Å². The standard InChI is InChI=1S/C16H22N2OS/c1-11(2)13-5-7-14(8-6-13)15-12(3)20-16(19)18(15)10-4-9-17/h5-8,11H,4,9-10,17H2,1-3H3. The molecule has 108 valence electrons. The zero-order valence-electron chi connectivity index (χ0n) is 12.3. The number of benzene rings is 1. The van der Waals surface area contributed by atoms with Gasteiger partial charge in [0, 0.05) is 11.4 Å².